The number of pyridine rings is 1. The Balaban J connectivity index is 1.64. The molecule has 0 bridgehead atoms. The molecule has 0 radical (unpaired) electrons. The van der Waals surface area contributed by atoms with E-state index in [1.807, 2.05) is 6.92 Å². The molecule has 2 aromatic rings. The summed E-state index contributed by atoms with van der Waals surface area (Å²) in [5.41, 5.74) is 2.77. The van der Waals surface area contributed by atoms with E-state index in [9.17, 15) is 9.65 Å². The molecule has 2 heterocycles. The average Bonchev–Trinajstić information content (AvgIpc) is 3.41. The quantitative estimate of drug-likeness (QED) is 0.937. The van der Waals surface area contributed by atoms with Gasteiger partial charge in [0.25, 0.3) is 0 Å². The van der Waals surface area contributed by atoms with Crippen LogP contribution in [0, 0.1) is 24.1 Å². The summed E-state index contributed by atoms with van der Waals surface area (Å²) in [5, 5.41) is 13.7. The molecule has 0 spiro atoms. The Bertz CT molecular complexity index is 814. The lowest BCUT2D eigenvalue weighted by Gasteiger charge is -2.33. The van der Waals surface area contributed by atoms with Crippen LogP contribution in [0.5, 0.6) is 0 Å². The number of fused-ring (bicyclic) bond motifs is 1. The van der Waals surface area contributed by atoms with Crippen LogP contribution in [-0.4, -0.2) is 35.1 Å². The van der Waals surface area contributed by atoms with Gasteiger partial charge in [0.1, 0.15) is 11.9 Å². The zero-order valence-electron chi connectivity index (χ0n) is 13.8. The molecule has 124 valence electrons. The molecule has 1 aliphatic carbocycles. The molecule has 1 aliphatic heterocycles. The fourth-order valence-corrected chi connectivity index (χ4v) is 3.73. The molecule has 2 aliphatic rings. The number of nitrogens with zero attached hydrogens (tertiary/aromatic N) is 3. The van der Waals surface area contributed by atoms with Gasteiger partial charge in [0.05, 0.1) is 16.8 Å². The maximum Gasteiger partial charge on any atom is 0.124 e. The van der Waals surface area contributed by atoms with Crippen molar-refractivity contribution >= 4 is 16.6 Å². The van der Waals surface area contributed by atoms with Gasteiger partial charge in [-0.15, -0.1) is 0 Å². The minimum absolute atomic E-state index is 0.288. The fourth-order valence-electron chi connectivity index (χ4n) is 3.73. The molecule has 1 N–H and O–H groups in total. The number of halogens is 1. The molecule has 0 unspecified atom stereocenters. The number of rotatable bonds is 3. The summed E-state index contributed by atoms with van der Waals surface area (Å²) in [7, 11) is 0. The van der Waals surface area contributed by atoms with Crippen LogP contribution in [0.3, 0.4) is 0 Å². The van der Waals surface area contributed by atoms with Gasteiger partial charge in [-0.25, -0.2) is 4.39 Å². The smallest absolute Gasteiger partial charge is 0.124 e. The van der Waals surface area contributed by atoms with Gasteiger partial charge in [0.15, 0.2) is 0 Å². The first-order valence-electron chi connectivity index (χ1n) is 8.65. The molecule has 4 rings (SSSR count). The first-order chi connectivity index (χ1) is 11.7. The molecule has 1 aromatic carbocycles. The minimum Gasteiger partial charge on any atom is -0.381 e. The van der Waals surface area contributed by atoms with Crippen molar-refractivity contribution in [1.29, 1.82) is 5.26 Å². The second kappa shape index (κ2) is 6.03. The lowest BCUT2D eigenvalue weighted by atomic mass is 10.0. The van der Waals surface area contributed by atoms with Gasteiger partial charge in [-0.05, 0) is 50.3 Å². The van der Waals surface area contributed by atoms with E-state index in [2.05, 4.69) is 21.3 Å². The highest BCUT2D eigenvalue weighted by atomic mass is 19.1. The summed E-state index contributed by atoms with van der Waals surface area (Å²) in [4.78, 5) is 6.92. The number of aromatic nitrogens is 1. The van der Waals surface area contributed by atoms with Crippen molar-refractivity contribution < 1.29 is 4.39 Å². The Kier molecular flexibility index (Phi) is 3.85. The number of piperidine rings is 1. The zero-order chi connectivity index (χ0) is 16.7. The predicted molar refractivity (Wildman–Crippen MR) is 92.4 cm³/mol. The molecule has 1 saturated carbocycles. The van der Waals surface area contributed by atoms with Gasteiger partial charge < -0.3 is 10.2 Å². The highest BCUT2D eigenvalue weighted by molar-refractivity contribution is 5.95. The Morgan fingerprint density at radius 2 is 2.00 bits per heavy atom. The lowest BCUT2D eigenvalue weighted by Crippen LogP contribution is -2.40. The first-order valence-corrected chi connectivity index (χ1v) is 8.65. The monoisotopic (exact) mass is 324 g/mol. The van der Waals surface area contributed by atoms with Crippen molar-refractivity contribution in [3.63, 3.8) is 0 Å². The Morgan fingerprint density at radius 1 is 1.25 bits per heavy atom. The number of likely N-dealkylation sites (tertiary alicyclic amines) is 1. The first kappa shape index (κ1) is 15.3. The van der Waals surface area contributed by atoms with Gasteiger partial charge in [-0.3, -0.25) is 4.98 Å². The number of hydrogen-bond donors (Lipinski definition) is 1. The highest BCUT2D eigenvalue weighted by Gasteiger charge is 2.32. The molecule has 5 heteroatoms. The summed E-state index contributed by atoms with van der Waals surface area (Å²) in [6.07, 6.45) is 6.38. The van der Waals surface area contributed by atoms with Gasteiger partial charge in [0.2, 0.25) is 0 Å². The molecular weight excluding hydrogens is 303 g/mol. The van der Waals surface area contributed by atoms with Crippen LogP contribution in [0.25, 0.3) is 10.9 Å². The third-order valence-corrected chi connectivity index (χ3v) is 5.19. The largest absolute Gasteiger partial charge is 0.381 e. The number of nitrogens with one attached hydrogen (secondary N) is 1. The molecule has 24 heavy (non-hydrogen) atoms. The van der Waals surface area contributed by atoms with E-state index >= 15 is 0 Å². The molecule has 0 amide bonds. The summed E-state index contributed by atoms with van der Waals surface area (Å²) < 4.78 is 13.9. The van der Waals surface area contributed by atoms with E-state index in [0.717, 1.165) is 48.7 Å². The SMILES string of the molecule is Cc1cc(F)cc2c(NC3CCN(C4CC4)CC3)c(C#N)cnc12. The van der Waals surface area contributed by atoms with Crippen molar-refractivity contribution in [3.05, 3.63) is 35.3 Å². The van der Waals surface area contributed by atoms with Crippen LogP contribution >= 0.6 is 0 Å². The predicted octanol–water partition coefficient (Wildman–Crippen LogP) is 3.59. The van der Waals surface area contributed by atoms with Gasteiger partial charge >= 0.3 is 0 Å². The average molecular weight is 324 g/mol. The Labute approximate surface area is 141 Å². The van der Waals surface area contributed by atoms with E-state index in [4.69, 9.17) is 0 Å². The molecule has 2 fully saturated rings. The molecule has 4 nitrogen and oxygen atoms in total. The van der Waals surface area contributed by atoms with Crippen molar-refractivity contribution in [2.24, 2.45) is 0 Å². The number of nitriles is 1. The second-order valence-electron chi connectivity index (χ2n) is 6.96. The summed E-state index contributed by atoms with van der Waals surface area (Å²) in [6, 6.07) is 6.29. The maximum atomic E-state index is 13.9. The minimum atomic E-state index is -0.288. The van der Waals surface area contributed by atoms with Gasteiger partial charge in [-0.1, -0.05) is 0 Å². The maximum absolute atomic E-state index is 13.9. The van der Waals surface area contributed by atoms with Gasteiger partial charge in [0, 0.05) is 36.8 Å². The second-order valence-corrected chi connectivity index (χ2v) is 6.96. The topological polar surface area (TPSA) is 52.0 Å². The highest BCUT2D eigenvalue weighted by Crippen LogP contribution is 2.32. The van der Waals surface area contributed by atoms with Crippen LogP contribution in [0.2, 0.25) is 0 Å². The van der Waals surface area contributed by atoms with Crippen molar-refractivity contribution in [3.8, 4) is 6.07 Å². The van der Waals surface area contributed by atoms with E-state index < -0.39 is 0 Å². The van der Waals surface area contributed by atoms with Crippen LogP contribution in [0.1, 0.15) is 36.8 Å². The number of hydrogen-bond acceptors (Lipinski definition) is 4. The summed E-state index contributed by atoms with van der Waals surface area (Å²) in [5.74, 6) is -0.288. The zero-order valence-corrected chi connectivity index (χ0v) is 13.8. The molecule has 1 aromatic heterocycles. The van der Waals surface area contributed by atoms with Crippen molar-refractivity contribution in [2.75, 3.05) is 18.4 Å². The van der Waals surface area contributed by atoms with E-state index in [1.165, 1.54) is 25.0 Å². The molecular formula is C19H21FN4. The van der Waals surface area contributed by atoms with Crippen LogP contribution in [0.15, 0.2) is 18.3 Å². The number of benzene rings is 1. The third-order valence-electron chi connectivity index (χ3n) is 5.19. The Hall–Kier alpha value is -2.19. The normalized spacial score (nSPS) is 19.4. The fraction of sp³-hybridized carbons (Fsp3) is 0.474. The van der Waals surface area contributed by atoms with E-state index in [1.54, 1.807) is 6.20 Å². The number of aryl methyl sites for hydroxylation is 1. The van der Waals surface area contributed by atoms with Crippen molar-refractivity contribution in [2.45, 2.75) is 44.7 Å². The standard InChI is InChI=1S/C19H21FN4/c1-12-8-14(20)9-17-18(12)22-11-13(10-21)19(17)23-15-4-6-24(7-5-15)16-2-3-16/h8-9,11,15-16H,2-7H2,1H3,(H,22,23). The van der Waals surface area contributed by atoms with Gasteiger partial charge in [-0.2, -0.15) is 5.26 Å². The van der Waals surface area contributed by atoms with Crippen LogP contribution in [0.4, 0.5) is 10.1 Å². The number of anilines is 1. The van der Waals surface area contributed by atoms with E-state index in [-0.39, 0.29) is 5.82 Å². The van der Waals surface area contributed by atoms with Crippen LogP contribution in [-0.2, 0) is 0 Å². The Morgan fingerprint density at radius 3 is 2.67 bits per heavy atom. The summed E-state index contributed by atoms with van der Waals surface area (Å²) >= 11 is 0. The third kappa shape index (κ3) is 2.83. The summed E-state index contributed by atoms with van der Waals surface area (Å²) in [6.45, 7) is 4.05. The van der Waals surface area contributed by atoms with Crippen LogP contribution < -0.4 is 5.32 Å². The molecule has 1 saturated heterocycles. The van der Waals surface area contributed by atoms with Crippen molar-refractivity contribution in [1.82, 2.24) is 9.88 Å². The molecule has 0 atom stereocenters. The van der Waals surface area contributed by atoms with E-state index in [0.29, 0.717) is 17.0 Å². The lowest BCUT2D eigenvalue weighted by molar-refractivity contribution is 0.210.